The van der Waals surface area contributed by atoms with E-state index in [1.54, 1.807) is 0 Å². The predicted octanol–water partition coefficient (Wildman–Crippen LogP) is 0.485. The van der Waals surface area contributed by atoms with Crippen LogP contribution in [0.5, 0.6) is 0 Å². The van der Waals surface area contributed by atoms with E-state index in [0.717, 1.165) is 13.1 Å². The van der Waals surface area contributed by atoms with Gasteiger partial charge in [-0.2, -0.15) is 0 Å². The van der Waals surface area contributed by atoms with Crippen molar-refractivity contribution in [2.24, 2.45) is 5.92 Å². The van der Waals surface area contributed by atoms with E-state index in [1.807, 2.05) is 18.7 Å². The third-order valence-corrected chi connectivity index (χ3v) is 1.25. The number of hydrogen-bond donors (Lipinski definition) is 0. The fraction of sp³-hybridized carbons (Fsp3) is 0.833. The summed E-state index contributed by atoms with van der Waals surface area (Å²) in [5.41, 5.74) is 0. The molecule has 0 spiro atoms. The Morgan fingerprint density at radius 1 is 1.50 bits per heavy atom. The average molecular weight is 113 g/mol. The van der Waals surface area contributed by atoms with Crippen LogP contribution in [-0.4, -0.2) is 23.9 Å². The molecule has 1 aliphatic heterocycles. The molecule has 1 rings (SSSR count). The molecule has 0 radical (unpaired) electrons. The molecule has 1 fully saturated rings. The quantitative estimate of drug-likeness (QED) is 0.453. The maximum absolute atomic E-state index is 10.8. The van der Waals surface area contributed by atoms with Gasteiger partial charge < -0.3 is 4.90 Å². The first-order chi connectivity index (χ1) is 3.72. The van der Waals surface area contributed by atoms with Gasteiger partial charge in [0.05, 0.1) is 0 Å². The molecule has 0 aromatic heterocycles. The molecule has 2 heteroatoms. The van der Waals surface area contributed by atoms with E-state index in [4.69, 9.17) is 0 Å². The van der Waals surface area contributed by atoms with Crippen LogP contribution in [0.2, 0.25) is 0 Å². The molecule has 0 aliphatic carbocycles. The van der Waals surface area contributed by atoms with Gasteiger partial charge in [0.1, 0.15) is 0 Å². The van der Waals surface area contributed by atoms with Gasteiger partial charge in [0.25, 0.3) is 0 Å². The van der Waals surface area contributed by atoms with E-state index >= 15 is 0 Å². The highest BCUT2D eigenvalue weighted by Gasteiger charge is 2.25. The van der Waals surface area contributed by atoms with Crippen molar-refractivity contribution in [2.75, 3.05) is 13.1 Å². The fourth-order valence-corrected chi connectivity index (χ4v) is 0.636. The van der Waals surface area contributed by atoms with Crippen molar-refractivity contribution in [3.05, 3.63) is 0 Å². The van der Waals surface area contributed by atoms with Gasteiger partial charge >= 0.3 is 0 Å². The summed E-state index contributed by atoms with van der Waals surface area (Å²) in [5.74, 6) is 0.488. The van der Waals surface area contributed by atoms with Crippen LogP contribution in [0, 0.1) is 5.92 Å². The number of amides is 1. The molecule has 0 bridgehead atoms. The lowest BCUT2D eigenvalue weighted by Crippen LogP contribution is -2.16. The number of nitrogens with zero attached hydrogens (tertiary/aromatic N) is 1. The highest BCUT2D eigenvalue weighted by molar-refractivity contribution is 5.79. The minimum Gasteiger partial charge on any atom is -0.339 e. The van der Waals surface area contributed by atoms with Crippen LogP contribution in [0.15, 0.2) is 0 Å². The van der Waals surface area contributed by atoms with Crippen molar-refractivity contribution >= 4 is 5.91 Å². The van der Waals surface area contributed by atoms with Gasteiger partial charge in [0.2, 0.25) is 5.91 Å². The summed E-state index contributed by atoms with van der Waals surface area (Å²) in [7, 11) is 0. The fourth-order valence-electron chi connectivity index (χ4n) is 0.636. The van der Waals surface area contributed by atoms with Gasteiger partial charge in [-0.25, -0.2) is 0 Å². The second-order valence-electron chi connectivity index (χ2n) is 2.48. The molecule has 1 aliphatic rings. The number of carbonyl (C=O) groups is 1. The third kappa shape index (κ3) is 0.997. The molecule has 1 saturated heterocycles. The van der Waals surface area contributed by atoms with Crippen molar-refractivity contribution in [3.8, 4) is 0 Å². The Labute approximate surface area is 49.5 Å². The molecule has 0 aromatic rings. The molecule has 1 amide bonds. The second kappa shape index (κ2) is 1.77. The highest BCUT2D eigenvalue weighted by atomic mass is 16.2. The van der Waals surface area contributed by atoms with Crippen LogP contribution in [0.3, 0.4) is 0 Å². The maximum atomic E-state index is 10.8. The molecule has 0 unspecified atom stereocenters. The van der Waals surface area contributed by atoms with Crippen LogP contribution < -0.4 is 0 Å². The Morgan fingerprint density at radius 2 is 2.00 bits per heavy atom. The van der Waals surface area contributed by atoms with E-state index in [-0.39, 0.29) is 5.92 Å². The standard InChI is InChI=1S/C6H11NO/c1-5(2)6(8)7-3-4-7/h5H,3-4H2,1-2H3. The summed E-state index contributed by atoms with van der Waals surface area (Å²) in [5, 5.41) is 0. The average Bonchev–Trinajstić information content (AvgIpc) is 2.43. The summed E-state index contributed by atoms with van der Waals surface area (Å²) in [6.07, 6.45) is 0. The summed E-state index contributed by atoms with van der Waals surface area (Å²) in [6.45, 7) is 5.83. The lowest BCUT2D eigenvalue weighted by Gasteiger charge is -2.01. The number of hydrogen-bond acceptors (Lipinski definition) is 1. The van der Waals surface area contributed by atoms with Crippen molar-refractivity contribution in [3.63, 3.8) is 0 Å². The Morgan fingerprint density at radius 3 is 2.12 bits per heavy atom. The van der Waals surface area contributed by atoms with Gasteiger partial charge in [-0.15, -0.1) is 0 Å². The Balaban J connectivity index is 2.33. The molecule has 0 atom stereocenters. The number of carbonyl (C=O) groups excluding carboxylic acids is 1. The zero-order valence-electron chi connectivity index (χ0n) is 5.35. The van der Waals surface area contributed by atoms with Crippen LogP contribution in [-0.2, 0) is 4.79 Å². The van der Waals surface area contributed by atoms with Crippen LogP contribution >= 0.6 is 0 Å². The van der Waals surface area contributed by atoms with Gasteiger partial charge in [-0.3, -0.25) is 4.79 Å². The topological polar surface area (TPSA) is 20.1 Å². The lowest BCUT2D eigenvalue weighted by atomic mass is 10.2. The second-order valence-corrected chi connectivity index (χ2v) is 2.48. The van der Waals surface area contributed by atoms with Crippen molar-refractivity contribution in [1.82, 2.24) is 4.90 Å². The lowest BCUT2D eigenvalue weighted by molar-refractivity contribution is -0.128. The summed E-state index contributed by atoms with van der Waals surface area (Å²) in [6, 6.07) is 0. The largest absolute Gasteiger partial charge is 0.339 e. The molecule has 2 nitrogen and oxygen atoms in total. The molecular weight excluding hydrogens is 102 g/mol. The van der Waals surface area contributed by atoms with Gasteiger partial charge in [-0.05, 0) is 0 Å². The summed E-state index contributed by atoms with van der Waals surface area (Å²) < 4.78 is 0. The molecule has 1 heterocycles. The zero-order valence-corrected chi connectivity index (χ0v) is 5.35. The van der Waals surface area contributed by atoms with Crippen molar-refractivity contribution in [2.45, 2.75) is 13.8 Å². The molecule has 0 saturated carbocycles. The van der Waals surface area contributed by atoms with Gasteiger partial charge in [0.15, 0.2) is 0 Å². The Kier molecular flexibility index (Phi) is 1.24. The van der Waals surface area contributed by atoms with Crippen LogP contribution in [0.4, 0.5) is 0 Å². The Bertz CT molecular complexity index is 101. The van der Waals surface area contributed by atoms with E-state index < -0.39 is 0 Å². The predicted molar refractivity (Wildman–Crippen MR) is 31.4 cm³/mol. The molecular formula is C6H11NO. The first kappa shape index (κ1) is 5.60. The number of rotatable bonds is 1. The summed E-state index contributed by atoms with van der Waals surface area (Å²) >= 11 is 0. The highest BCUT2D eigenvalue weighted by Crippen LogP contribution is 2.09. The van der Waals surface area contributed by atoms with Crippen LogP contribution in [0.25, 0.3) is 0 Å². The van der Waals surface area contributed by atoms with Gasteiger partial charge in [0, 0.05) is 19.0 Å². The monoisotopic (exact) mass is 113 g/mol. The Hall–Kier alpha value is -0.530. The van der Waals surface area contributed by atoms with Crippen LogP contribution in [0.1, 0.15) is 13.8 Å². The molecule has 0 N–H and O–H groups in total. The minimum absolute atomic E-state index is 0.192. The van der Waals surface area contributed by atoms with E-state index in [2.05, 4.69) is 0 Å². The smallest absolute Gasteiger partial charge is 0.225 e. The SMILES string of the molecule is CC(C)C(=O)N1CC1. The molecule has 0 aromatic carbocycles. The molecule has 8 heavy (non-hydrogen) atoms. The summed E-state index contributed by atoms with van der Waals surface area (Å²) in [4.78, 5) is 12.7. The van der Waals surface area contributed by atoms with E-state index in [9.17, 15) is 4.79 Å². The zero-order chi connectivity index (χ0) is 6.15. The molecule has 46 valence electrons. The van der Waals surface area contributed by atoms with Gasteiger partial charge in [-0.1, -0.05) is 13.8 Å². The first-order valence-corrected chi connectivity index (χ1v) is 3.00. The van der Waals surface area contributed by atoms with E-state index in [1.165, 1.54) is 0 Å². The maximum Gasteiger partial charge on any atom is 0.225 e. The van der Waals surface area contributed by atoms with Crippen molar-refractivity contribution < 1.29 is 4.79 Å². The van der Waals surface area contributed by atoms with E-state index in [0.29, 0.717) is 5.91 Å². The minimum atomic E-state index is 0.192. The third-order valence-electron chi connectivity index (χ3n) is 1.25. The normalized spacial score (nSPS) is 17.1. The first-order valence-electron chi connectivity index (χ1n) is 3.00. The van der Waals surface area contributed by atoms with Crippen molar-refractivity contribution in [1.29, 1.82) is 0 Å².